The number of hydrogen-bond donors (Lipinski definition) is 1. The van der Waals surface area contributed by atoms with E-state index in [4.69, 9.17) is 0 Å². The molecule has 3 nitrogen and oxygen atoms in total. The first-order valence-electron chi connectivity index (χ1n) is 6.85. The van der Waals surface area contributed by atoms with Crippen molar-refractivity contribution in [3.8, 4) is 0 Å². The molecule has 0 spiro atoms. The second kappa shape index (κ2) is 8.45. The lowest BCUT2D eigenvalue weighted by atomic mass is 10.1. The van der Waals surface area contributed by atoms with E-state index in [1.807, 2.05) is 0 Å². The van der Waals surface area contributed by atoms with Crippen LogP contribution in [0.5, 0.6) is 0 Å². The average molecular weight is 255 g/mol. The second-order valence-electron chi connectivity index (χ2n) is 4.60. The fraction of sp³-hybridized carbons (Fsp3) is 0.846. The van der Waals surface area contributed by atoms with Crippen molar-refractivity contribution in [2.75, 3.05) is 5.32 Å². The summed E-state index contributed by atoms with van der Waals surface area (Å²) in [6.07, 6.45) is 8.94. The molecule has 1 unspecified atom stereocenters. The first-order chi connectivity index (χ1) is 8.26. The van der Waals surface area contributed by atoms with Gasteiger partial charge in [-0.05, 0) is 19.8 Å². The highest BCUT2D eigenvalue weighted by Crippen LogP contribution is 2.18. The van der Waals surface area contributed by atoms with Gasteiger partial charge in [-0.15, -0.1) is 10.2 Å². The molecule has 1 N–H and O–H groups in total. The molecule has 1 heterocycles. The number of aromatic nitrogens is 2. The Hall–Kier alpha value is -0.640. The van der Waals surface area contributed by atoms with Gasteiger partial charge in [0.25, 0.3) is 0 Å². The van der Waals surface area contributed by atoms with Gasteiger partial charge in [-0.2, -0.15) is 0 Å². The van der Waals surface area contributed by atoms with Gasteiger partial charge in [0.05, 0.1) is 0 Å². The number of unbranched alkanes of at least 4 members (excludes halogenated alkanes) is 4. The topological polar surface area (TPSA) is 37.8 Å². The molecule has 0 bridgehead atoms. The second-order valence-corrected chi connectivity index (χ2v) is 5.66. The summed E-state index contributed by atoms with van der Waals surface area (Å²) in [5.41, 5.74) is 0. The molecule has 0 aromatic carbocycles. The Bertz CT molecular complexity index is 299. The van der Waals surface area contributed by atoms with E-state index in [2.05, 4.69) is 36.3 Å². The van der Waals surface area contributed by atoms with Gasteiger partial charge in [0.1, 0.15) is 5.01 Å². The maximum absolute atomic E-state index is 4.14. The third-order valence-electron chi connectivity index (χ3n) is 2.88. The third-order valence-corrected chi connectivity index (χ3v) is 3.88. The van der Waals surface area contributed by atoms with E-state index in [-0.39, 0.29) is 0 Å². The molecule has 0 aliphatic rings. The number of rotatable bonds is 9. The number of anilines is 1. The maximum atomic E-state index is 4.14. The normalized spacial score (nSPS) is 12.6. The molecule has 1 aromatic rings. The fourth-order valence-electron chi connectivity index (χ4n) is 1.79. The van der Waals surface area contributed by atoms with Crippen LogP contribution in [0.1, 0.15) is 64.3 Å². The number of hydrogen-bond acceptors (Lipinski definition) is 4. The lowest BCUT2D eigenvalue weighted by Gasteiger charge is -2.11. The van der Waals surface area contributed by atoms with Crippen molar-refractivity contribution >= 4 is 16.5 Å². The highest BCUT2D eigenvalue weighted by atomic mass is 32.1. The van der Waals surface area contributed by atoms with Crippen LogP contribution < -0.4 is 5.32 Å². The standard InChI is InChI=1S/C13H25N3S/c1-4-6-7-8-9-10-11(3)14-13-16-15-12(5-2)17-13/h11H,4-10H2,1-3H3,(H,14,16). The van der Waals surface area contributed by atoms with Crippen LogP contribution in [-0.2, 0) is 6.42 Å². The van der Waals surface area contributed by atoms with Gasteiger partial charge in [-0.1, -0.05) is 57.3 Å². The summed E-state index contributed by atoms with van der Waals surface area (Å²) in [5.74, 6) is 0. The van der Waals surface area contributed by atoms with Crippen molar-refractivity contribution in [1.29, 1.82) is 0 Å². The number of nitrogens with zero attached hydrogens (tertiary/aromatic N) is 2. The molecule has 0 radical (unpaired) electrons. The molecule has 4 heteroatoms. The van der Waals surface area contributed by atoms with Gasteiger partial charge in [0.2, 0.25) is 5.13 Å². The Morgan fingerprint density at radius 2 is 1.88 bits per heavy atom. The van der Waals surface area contributed by atoms with Crippen LogP contribution in [0.25, 0.3) is 0 Å². The summed E-state index contributed by atoms with van der Waals surface area (Å²) >= 11 is 1.68. The molecule has 1 atom stereocenters. The lowest BCUT2D eigenvalue weighted by Crippen LogP contribution is -2.14. The predicted molar refractivity (Wildman–Crippen MR) is 75.7 cm³/mol. The molecule has 0 saturated heterocycles. The molecule has 0 fully saturated rings. The monoisotopic (exact) mass is 255 g/mol. The Labute approximate surface area is 109 Å². The van der Waals surface area contributed by atoms with E-state index < -0.39 is 0 Å². The average Bonchev–Trinajstić information content (AvgIpc) is 2.76. The van der Waals surface area contributed by atoms with Crippen LogP contribution in [-0.4, -0.2) is 16.2 Å². The van der Waals surface area contributed by atoms with Crippen LogP contribution in [0.4, 0.5) is 5.13 Å². The van der Waals surface area contributed by atoms with Crippen molar-refractivity contribution in [2.24, 2.45) is 0 Å². The van der Waals surface area contributed by atoms with Gasteiger partial charge >= 0.3 is 0 Å². The lowest BCUT2D eigenvalue weighted by molar-refractivity contribution is 0.578. The first kappa shape index (κ1) is 14.4. The molecule has 98 valence electrons. The molecular weight excluding hydrogens is 230 g/mol. The molecule has 0 amide bonds. The first-order valence-corrected chi connectivity index (χ1v) is 7.66. The number of nitrogens with one attached hydrogen (secondary N) is 1. The minimum absolute atomic E-state index is 0.509. The zero-order valence-electron chi connectivity index (χ0n) is 11.3. The van der Waals surface area contributed by atoms with Gasteiger partial charge in [-0.3, -0.25) is 0 Å². The smallest absolute Gasteiger partial charge is 0.205 e. The predicted octanol–water partition coefficient (Wildman–Crippen LogP) is 4.26. The highest BCUT2D eigenvalue weighted by molar-refractivity contribution is 7.15. The maximum Gasteiger partial charge on any atom is 0.205 e. The summed E-state index contributed by atoms with van der Waals surface area (Å²) in [7, 11) is 0. The Morgan fingerprint density at radius 1 is 1.12 bits per heavy atom. The van der Waals surface area contributed by atoms with Gasteiger partial charge < -0.3 is 5.32 Å². The van der Waals surface area contributed by atoms with Crippen LogP contribution >= 0.6 is 11.3 Å². The summed E-state index contributed by atoms with van der Waals surface area (Å²) in [4.78, 5) is 0. The van der Waals surface area contributed by atoms with Gasteiger partial charge in [0, 0.05) is 6.04 Å². The van der Waals surface area contributed by atoms with Gasteiger partial charge in [-0.25, -0.2) is 0 Å². The fourth-order valence-corrected chi connectivity index (χ4v) is 2.58. The Morgan fingerprint density at radius 3 is 2.53 bits per heavy atom. The zero-order chi connectivity index (χ0) is 12.5. The van der Waals surface area contributed by atoms with Crippen molar-refractivity contribution in [3.05, 3.63) is 5.01 Å². The molecular formula is C13H25N3S. The quantitative estimate of drug-likeness (QED) is 0.670. The largest absolute Gasteiger partial charge is 0.358 e. The minimum Gasteiger partial charge on any atom is -0.358 e. The van der Waals surface area contributed by atoms with E-state index in [1.165, 1.54) is 38.5 Å². The van der Waals surface area contributed by atoms with E-state index in [0.29, 0.717) is 6.04 Å². The van der Waals surface area contributed by atoms with Crippen LogP contribution in [0.2, 0.25) is 0 Å². The molecule has 0 saturated carbocycles. The minimum atomic E-state index is 0.509. The van der Waals surface area contributed by atoms with Crippen molar-refractivity contribution in [3.63, 3.8) is 0 Å². The highest BCUT2D eigenvalue weighted by Gasteiger charge is 2.06. The van der Waals surface area contributed by atoms with Crippen LogP contribution in [0.3, 0.4) is 0 Å². The van der Waals surface area contributed by atoms with E-state index in [9.17, 15) is 0 Å². The molecule has 1 rings (SSSR count). The van der Waals surface area contributed by atoms with Gasteiger partial charge in [0.15, 0.2) is 0 Å². The Balaban J connectivity index is 2.13. The zero-order valence-corrected chi connectivity index (χ0v) is 12.1. The van der Waals surface area contributed by atoms with Crippen LogP contribution in [0, 0.1) is 0 Å². The summed E-state index contributed by atoms with van der Waals surface area (Å²) < 4.78 is 0. The molecule has 17 heavy (non-hydrogen) atoms. The summed E-state index contributed by atoms with van der Waals surface area (Å²) in [6, 6.07) is 0.509. The molecule has 1 aromatic heterocycles. The van der Waals surface area contributed by atoms with Crippen LogP contribution in [0.15, 0.2) is 0 Å². The molecule has 0 aliphatic carbocycles. The van der Waals surface area contributed by atoms with Crippen molar-refractivity contribution < 1.29 is 0 Å². The van der Waals surface area contributed by atoms with E-state index in [0.717, 1.165) is 16.6 Å². The summed E-state index contributed by atoms with van der Waals surface area (Å²) in [5, 5.41) is 13.8. The van der Waals surface area contributed by atoms with Crippen molar-refractivity contribution in [1.82, 2.24) is 10.2 Å². The summed E-state index contributed by atoms with van der Waals surface area (Å²) in [6.45, 7) is 6.60. The Kier molecular flexibility index (Phi) is 7.17. The SMILES string of the molecule is CCCCCCCC(C)Nc1nnc(CC)s1. The van der Waals surface area contributed by atoms with E-state index in [1.54, 1.807) is 11.3 Å². The third kappa shape index (κ3) is 6.01. The van der Waals surface area contributed by atoms with Crippen molar-refractivity contribution in [2.45, 2.75) is 71.8 Å². The molecule has 0 aliphatic heterocycles. The van der Waals surface area contributed by atoms with E-state index >= 15 is 0 Å². The number of aryl methyl sites for hydroxylation is 1.